The minimum atomic E-state index is -4.36. The summed E-state index contributed by atoms with van der Waals surface area (Å²) in [6.45, 7) is -0.562. The molecule has 0 bridgehead atoms. The van der Waals surface area contributed by atoms with E-state index in [0.717, 1.165) is 6.92 Å². The van der Waals surface area contributed by atoms with Crippen molar-refractivity contribution in [3.8, 4) is 0 Å². The first-order valence-electron chi connectivity index (χ1n) is 2.56. The van der Waals surface area contributed by atoms with Gasteiger partial charge in [-0.2, -0.15) is 8.42 Å². The number of aliphatic hydroxyl groups is 2. The Kier molecular flexibility index (Phi) is 2.78. The second-order valence-electron chi connectivity index (χ2n) is 2.24. The Morgan fingerprint density at radius 1 is 1.30 bits per heavy atom. The van der Waals surface area contributed by atoms with Gasteiger partial charge in [-0.15, -0.1) is 0 Å². The molecule has 0 amide bonds. The average Bonchev–Trinajstić information content (AvgIpc) is 1.84. The summed E-state index contributed by atoms with van der Waals surface area (Å²) >= 11 is 0. The second kappa shape index (κ2) is 2.83. The SMILES string of the molecule is CC(CO)(CO)S(=O)(=O)O. The summed E-state index contributed by atoms with van der Waals surface area (Å²) in [6.07, 6.45) is 0. The van der Waals surface area contributed by atoms with Crippen LogP contribution in [-0.2, 0) is 10.1 Å². The Hall–Kier alpha value is -0.170. The minimum absolute atomic E-state index is 0.803. The van der Waals surface area contributed by atoms with Crippen LogP contribution in [0.3, 0.4) is 0 Å². The molecule has 0 spiro atoms. The maximum Gasteiger partial charge on any atom is 0.274 e. The molecule has 0 unspecified atom stereocenters. The van der Waals surface area contributed by atoms with Gasteiger partial charge in [-0.1, -0.05) is 0 Å². The monoisotopic (exact) mass is 170 g/mol. The molecule has 0 heterocycles. The van der Waals surface area contributed by atoms with Crippen molar-refractivity contribution in [2.45, 2.75) is 11.7 Å². The Balaban J connectivity index is 4.68. The van der Waals surface area contributed by atoms with Crippen molar-refractivity contribution in [3.63, 3.8) is 0 Å². The van der Waals surface area contributed by atoms with Crippen molar-refractivity contribution in [2.75, 3.05) is 13.2 Å². The van der Waals surface area contributed by atoms with Crippen LogP contribution in [0, 0.1) is 0 Å². The molecule has 10 heavy (non-hydrogen) atoms. The zero-order valence-electron chi connectivity index (χ0n) is 5.48. The van der Waals surface area contributed by atoms with E-state index in [1.807, 2.05) is 0 Å². The van der Waals surface area contributed by atoms with E-state index < -0.39 is 28.1 Å². The first kappa shape index (κ1) is 9.83. The molecule has 0 rings (SSSR count). The third-order valence-electron chi connectivity index (χ3n) is 1.29. The van der Waals surface area contributed by atoms with Gasteiger partial charge in [-0.25, -0.2) is 0 Å². The van der Waals surface area contributed by atoms with Crippen molar-refractivity contribution in [3.05, 3.63) is 0 Å². The maximum atomic E-state index is 10.4. The number of hydrogen-bond acceptors (Lipinski definition) is 4. The van der Waals surface area contributed by atoms with Gasteiger partial charge in [0, 0.05) is 0 Å². The number of rotatable bonds is 3. The van der Waals surface area contributed by atoms with Gasteiger partial charge in [-0.05, 0) is 6.92 Å². The highest BCUT2D eigenvalue weighted by atomic mass is 32.2. The average molecular weight is 170 g/mol. The summed E-state index contributed by atoms with van der Waals surface area (Å²) in [7, 11) is -4.36. The van der Waals surface area contributed by atoms with Gasteiger partial charge >= 0.3 is 0 Å². The Labute approximate surface area is 59.1 Å². The van der Waals surface area contributed by atoms with Crippen LogP contribution >= 0.6 is 0 Å². The summed E-state index contributed by atoms with van der Waals surface area (Å²) in [4.78, 5) is 0. The molecule has 0 aliphatic carbocycles. The quantitative estimate of drug-likeness (QED) is 0.454. The van der Waals surface area contributed by atoms with E-state index in [1.54, 1.807) is 0 Å². The van der Waals surface area contributed by atoms with Crippen molar-refractivity contribution in [1.29, 1.82) is 0 Å². The molecule has 6 heteroatoms. The van der Waals surface area contributed by atoms with Crippen LogP contribution in [-0.4, -0.2) is 41.1 Å². The topological polar surface area (TPSA) is 94.8 Å². The molecule has 0 saturated heterocycles. The molecule has 0 radical (unpaired) electrons. The Bertz CT molecular complexity index is 190. The van der Waals surface area contributed by atoms with Crippen molar-refractivity contribution >= 4 is 10.1 Å². The van der Waals surface area contributed by atoms with Gasteiger partial charge in [-0.3, -0.25) is 4.55 Å². The third kappa shape index (κ3) is 1.66. The lowest BCUT2D eigenvalue weighted by Gasteiger charge is -2.19. The fraction of sp³-hybridized carbons (Fsp3) is 1.00. The van der Waals surface area contributed by atoms with Crippen molar-refractivity contribution < 1.29 is 23.2 Å². The zero-order valence-corrected chi connectivity index (χ0v) is 6.30. The predicted octanol–water partition coefficient (Wildman–Crippen LogP) is -1.38. The largest absolute Gasteiger partial charge is 0.395 e. The van der Waals surface area contributed by atoms with Gasteiger partial charge < -0.3 is 10.2 Å². The standard InChI is InChI=1S/C4H10O5S/c1-4(2-5,3-6)10(7,8)9/h5-6H,2-3H2,1H3,(H,7,8,9). The van der Waals surface area contributed by atoms with Crippen LogP contribution in [0.2, 0.25) is 0 Å². The van der Waals surface area contributed by atoms with E-state index >= 15 is 0 Å². The molecule has 3 N–H and O–H groups in total. The molecule has 0 aliphatic heterocycles. The van der Waals surface area contributed by atoms with Gasteiger partial charge in [0.15, 0.2) is 0 Å². The van der Waals surface area contributed by atoms with E-state index in [4.69, 9.17) is 14.8 Å². The molecular formula is C4H10O5S. The smallest absolute Gasteiger partial charge is 0.274 e. The maximum absolute atomic E-state index is 10.4. The van der Waals surface area contributed by atoms with Crippen LogP contribution in [0.25, 0.3) is 0 Å². The van der Waals surface area contributed by atoms with E-state index in [9.17, 15) is 8.42 Å². The van der Waals surface area contributed by atoms with Crippen LogP contribution in [0.5, 0.6) is 0 Å². The number of hydrogen-bond donors (Lipinski definition) is 3. The zero-order chi connectivity index (χ0) is 8.41. The van der Waals surface area contributed by atoms with Gasteiger partial charge in [0.25, 0.3) is 10.1 Å². The molecule has 0 aromatic rings. The lowest BCUT2D eigenvalue weighted by molar-refractivity contribution is 0.169. The summed E-state index contributed by atoms with van der Waals surface area (Å²) in [5.74, 6) is 0. The van der Waals surface area contributed by atoms with Crippen molar-refractivity contribution in [1.82, 2.24) is 0 Å². The second-order valence-corrected chi connectivity index (χ2v) is 4.18. The predicted molar refractivity (Wildman–Crippen MR) is 34.1 cm³/mol. The van der Waals surface area contributed by atoms with Crippen molar-refractivity contribution in [2.24, 2.45) is 0 Å². The van der Waals surface area contributed by atoms with E-state index in [1.165, 1.54) is 0 Å². The van der Waals surface area contributed by atoms with Crippen LogP contribution in [0.1, 0.15) is 6.92 Å². The fourth-order valence-corrected chi connectivity index (χ4v) is 0.539. The third-order valence-corrected chi connectivity index (χ3v) is 2.80. The highest BCUT2D eigenvalue weighted by Gasteiger charge is 2.36. The van der Waals surface area contributed by atoms with Gasteiger partial charge in [0.1, 0.15) is 4.75 Å². The molecule has 0 saturated carbocycles. The fourth-order valence-electron chi connectivity index (χ4n) is 0.213. The first-order chi connectivity index (χ1) is 4.37. The molecule has 0 aromatic heterocycles. The Morgan fingerprint density at radius 3 is 1.60 bits per heavy atom. The first-order valence-corrected chi connectivity index (χ1v) is 4.00. The number of aliphatic hydroxyl groups excluding tert-OH is 2. The minimum Gasteiger partial charge on any atom is -0.395 e. The molecular weight excluding hydrogens is 160 g/mol. The molecule has 0 aromatic carbocycles. The normalized spacial score (nSPS) is 13.6. The van der Waals surface area contributed by atoms with Crippen LogP contribution in [0.4, 0.5) is 0 Å². The summed E-state index contributed by atoms with van der Waals surface area (Å²) in [5.41, 5.74) is 0. The van der Waals surface area contributed by atoms with E-state index in [0.29, 0.717) is 0 Å². The molecule has 0 aliphatic rings. The highest BCUT2D eigenvalue weighted by molar-refractivity contribution is 7.87. The molecule has 0 fully saturated rings. The summed E-state index contributed by atoms with van der Waals surface area (Å²) in [6, 6.07) is 0. The lowest BCUT2D eigenvalue weighted by atomic mass is 10.2. The summed E-state index contributed by atoms with van der Waals surface area (Å²) in [5, 5.41) is 16.8. The highest BCUT2D eigenvalue weighted by Crippen LogP contribution is 2.12. The lowest BCUT2D eigenvalue weighted by Crippen LogP contribution is -2.42. The van der Waals surface area contributed by atoms with Gasteiger partial charge in [0.2, 0.25) is 0 Å². The molecule has 0 atom stereocenters. The van der Waals surface area contributed by atoms with E-state index in [2.05, 4.69) is 0 Å². The van der Waals surface area contributed by atoms with Crippen LogP contribution < -0.4 is 0 Å². The molecule has 5 nitrogen and oxygen atoms in total. The van der Waals surface area contributed by atoms with E-state index in [-0.39, 0.29) is 0 Å². The van der Waals surface area contributed by atoms with Crippen LogP contribution in [0.15, 0.2) is 0 Å². The molecule has 62 valence electrons. The summed E-state index contributed by atoms with van der Waals surface area (Å²) < 4.78 is 27.3. The van der Waals surface area contributed by atoms with Gasteiger partial charge in [0.05, 0.1) is 13.2 Å². The Morgan fingerprint density at radius 2 is 1.60 bits per heavy atom.